The summed E-state index contributed by atoms with van der Waals surface area (Å²) in [4.78, 5) is 11.3. The predicted octanol–water partition coefficient (Wildman–Crippen LogP) is 1.98. The molecule has 0 amide bonds. The Hall–Kier alpha value is -0.530. The highest BCUT2D eigenvalue weighted by atomic mass is 16.6. The molecule has 0 aromatic heterocycles. The summed E-state index contributed by atoms with van der Waals surface area (Å²) in [6.07, 6.45) is 3.91. The fourth-order valence-corrected chi connectivity index (χ4v) is 2.58. The van der Waals surface area contributed by atoms with Crippen LogP contribution in [-0.2, 0) is 9.53 Å². The molecule has 0 bridgehead atoms. The summed E-state index contributed by atoms with van der Waals surface area (Å²) in [6.45, 7) is 4.20. The molecule has 1 saturated carbocycles. The summed E-state index contributed by atoms with van der Waals surface area (Å²) in [6, 6.07) is 0. The fraction of sp³-hybridized carbons (Fsp3) is 0.900. The van der Waals surface area contributed by atoms with E-state index in [2.05, 4.69) is 6.92 Å². The number of esters is 1. The predicted molar refractivity (Wildman–Crippen MR) is 45.5 cm³/mol. The van der Waals surface area contributed by atoms with Crippen molar-refractivity contribution in [1.29, 1.82) is 0 Å². The standard InChI is InChI=1S/C10H16O2/c1-6-4-3-5-8-7(2)10(11)12-9(6)8/h6-9H,3-5H2,1-2H3. The lowest BCUT2D eigenvalue weighted by Crippen LogP contribution is -2.30. The van der Waals surface area contributed by atoms with Crippen LogP contribution in [0.1, 0.15) is 33.1 Å². The van der Waals surface area contributed by atoms with Gasteiger partial charge in [-0.05, 0) is 18.8 Å². The second kappa shape index (κ2) is 2.75. The van der Waals surface area contributed by atoms with Crippen LogP contribution in [0.25, 0.3) is 0 Å². The number of carbonyl (C=O) groups excluding carboxylic acids is 1. The van der Waals surface area contributed by atoms with Gasteiger partial charge in [0.25, 0.3) is 0 Å². The Morgan fingerprint density at radius 3 is 2.75 bits per heavy atom. The van der Waals surface area contributed by atoms with E-state index in [1.54, 1.807) is 0 Å². The van der Waals surface area contributed by atoms with Gasteiger partial charge in [0, 0.05) is 5.92 Å². The Morgan fingerprint density at radius 2 is 2.08 bits per heavy atom. The number of hydrogen-bond acceptors (Lipinski definition) is 2. The smallest absolute Gasteiger partial charge is 0.309 e. The second-order valence-corrected chi connectivity index (χ2v) is 4.26. The van der Waals surface area contributed by atoms with Crippen molar-refractivity contribution >= 4 is 5.97 Å². The molecule has 1 aliphatic carbocycles. The molecule has 12 heavy (non-hydrogen) atoms. The molecular formula is C10H16O2. The maximum atomic E-state index is 11.3. The molecule has 0 N–H and O–H groups in total. The first kappa shape index (κ1) is 8.09. The van der Waals surface area contributed by atoms with Crippen LogP contribution in [0.5, 0.6) is 0 Å². The zero-order valence-corrected chi connectivity index (χ0v) is 7.75. The number of carbonyl (C=O) groups is 1. The van der Waals surface area contributed by atoms with Crippen molar-refractivity contribution in [3.63, 3.8) is 0 Å². The SMILES string of the molecule is CC1CCCC2C(C)C(=O)OC12. The van der Waals surface area contributed by atoms with Crippen molar-refractivity contribution < 1.29 is 9.53 Å². The van der Waals surface area contributed by atoms with E-state index >= 15 is 0 Å². The number of hydrogen-bond donors (Lipinski definition) is 0. The maximum absolute atomic E-state index is 11.3. The van der Waals surface area contributed by atoms with E-state index < -0.39 is 0 Å². The average molecular weight is 168 g/mol. The molecule has 1 aliphatic heterocycles. The Morgan fingerprint density at radius 1 is 1.33 bits per heavy atom. The molecule has 2 nitrogen and oxygen atoms in total. The Balaban J connectivity index is 2.16. The van der Waals surface area contributed by atoms with Gasteiger partial charge in [-0.3, -0.25) is 4.79 Å². The van der Waals surface area contributed by atoms with Crippen LogP contribution < -0.4 is 0 Å². The van der Waals surface area contributed by atoms with Gasteiger partial charge in [-0.15, -0.1) is 0 Å². The van der Waals surface area contributed by atoms with Gasteiger partial charge in [0.05, 0.1) is 5.92 Å². The molecule has 2 rings (SSSR count). The fourth-order valence-electron chi connectivity index (χ4n) is 2.58. The van der Waals surface area contributed by atoms with Crippen LogP contribution in [0, 0.1) is 17.8 Å². The molecule has 0 radical (unpaired) electrons. The third-order valence-corrected chi connectivity index (χ3v) is 3.45. The third kappa shape index (κ3) is 1.05. The van der Waals surface area contributed by atoms with Crippen LogP contribution in [0.15, 0.2) is 0 Å². The van der Waals surface area contributed by atoms with Crippen LogP contribution in [-0.4, -0.2) is 12.1 Å². The number of rotatable bonds is 0. The topological polar surface area (TPSA) is 26.3 Å². The van der Waals surface area contributed by atoms with Crippen LogP contribution in [0.4, 0.5) is 0 Å². The van der Waals surface area contributed by atoms with Gasteiger partial charge in [0.2, 0.25) is 0 Å². The highest BCUT2D eigenvalue weighted by Gasteiger charge is 2.45. The van der Waals surface area contributed by atoms with Crippen molar-refractivity contribution in [1.82, 2.24) is 0 Å². The monoisotopic (exact) mass is 168 g/mol. The molecular weight excluding hydrogens is 152 g/mol. The molecule has 1 heterocycles. The van der Waals surface area contributed by atoms with E-state index in [0.29, 0.717) is 11.8 Å². The lowest BCUT2D eigenvalue weighted by molar-refractivity contribution is -0.145. The first-order valence-corrected chi connectivity index (χ1v) is 4.90. The minimum Gasteiger partial charge on any atom is -0.462 e. The Labute approximate surface area is 73.3 Å². The Bertz CT molecular complexity index is 200. The van der Waals surface area contributed by atoms with Crippen molar-refractivity contribution in [3.8, 4) is 0 Å². The molecule has 4 unspecified atom stereocenters. The molecule has 0 spiro atoms. The van der Waals surface area contributed by atoms with E-state index in [4.69, 9.17) is 4.74 Å². The lowest BCUT2D eigenvalue weighted by atomic mass is 9.76. The number of fused-ring (bicyclic) bond motifs is 1. The largest absolute Gasteiger partial charge is 0.462 e. The molecule has 0 aromatic carbocycles. The molecule has 2 heteroatoms. The average Bonchev–Trinajstić information content (AvgIpc) is 2.32. The summed E-state index contributed by atoms with van der Waals surface area (Å²) in [5.41, 5.74) is 0. The van der Waals surface area contributed by atoms with E-state index in [9.17, 15) is 4.79 Å². The van der Waals surface area contributed by atoms with E-state index in [1.807, 2.05) is 6.92 Å². The summed E-state index contributed by atoms with van der Waals surface area (Å²) in [5.74, 6) is 1.27. The van der Waals surface area contributed by atoms with E-state index in [1.165, 1.54) is 19.3 Å². The molecule has 1 saturated heterocycles. The van der Waals surface area contributed by atoms with Gasteiger partial charge < -0.3 is 4.74 Å². The zero-order chi connectivity index (χ0) is 8.72. The van der Waals surface area contributed by atoms with Crippen molar-refractivity contribution in [2.24, 2.45) is 17.8 Å². The van der Waals surface area contributed by atoms with Gasteiger partial charge >= 0.3 is 5.97 Å². The quantitative estimate of drug-likeness (QED) is 0.517. The molecule has 68 valence electrons. The summed E-state index contributed by atoms with van der Waals surface area (Å²) in [5, 5.41) is 0. The minimum absolute atomic E-state index is 0.0266. The van der Waals surface area contributed by atoms with Gasteiger partial charge in [-0.2, -0.15) is 0 Å². The molecule has 0 aromatic rings. The lowest BCUT2D eigenvalue weighted by Gasteiger charge is -2.30. The van der Waals surface area contributed by atoms with Crippen LogP contribution in [0.3, 0.4) is 0 Å². The second-order valence-electron chi connectivity index (χ2n) is 4.26. The van der Waals surface area contributed by atoms with Gasteiger partial charge in [-0.25, -0.2) is 0 Å². The minimum atomic E-state index is 0.0266. The normalized spacial score (nSPS) is 47.0. The van der Waals surface area contributed by atoms with Crippen molar-refractivity contribution in [2.75, 3.05) is 0 Å². The Kier molecular flexibility index (Phi) is 1.85. The number of ether oxygens (including phenoxy) is 1. The third-order valence-electron chi connectivity index (χ3n) is 3.45. The first-order valence-electron chi connectivity index (χ1n) is 4.90. The van der Waals surface area contributed by atoms with E-state index in [-0.39, 0.29) is 18.0 Å². The van der Waals surface area contributed by atoms with Gasteiger partial charge in [-0.1, -0.05) is 20.3 Å². The molecule has 2 aliphatic rings. The van der Waals surface area contributed by atoms with Crippen LogP contribution >= 0.6 is 0 Å². The van der Waals surface area contributed by atoms with Crippen molar-refractivity contribution in [3.05, 3.63) is 0 Å². The highest BCUT2D eigenvalue weighted by Crippen LogP contribution is 2.41. The summed E-state index contributed by atoms with van der Waals surface area (Å²) < 4.78 is 5.35. The van der Waals surface area contributed by atoms with E-state index in [0.717, 1.165) is 0 Å². The van der Waals surface area contributed by atoms with Gasteiger partial charge in [0.1, 0.15) is 6.10 Å². The first-order chi connectivity index (χ1) is 5.70. The molecule has 2 fully saturated rings. The van der Waals surface area contributed by atoms with Crippen LogP contribution in [0.2, 0.25) is 0 Å². The zero-order valence-electron chi connectivity index (χ0n) is 7.75. The summed E-state index contributed by atoms with van der Waals surface area (Å²) >= 11 is 0. The van der Waals surface area contributed by atoms with Gasteiger partial charge in [0.15, 0.2) is 0 Å². The summed E-state index contributed by atoms with van der Waals surface area (Å²) in [7, 11) is 0. The highest BCUT2D eigenvalue weighted by molar-refractivity contribution is 5.74. The molecule has 4 atom stereocenters. The maximum Gasteiger partial charge on any atom is 0.309 e. The van der Waals surface area contributed by atoms with Crippen molar-refractivity contribution in [2.45, 2.75) is 39.2 Å².